The van der Waals surface area contributed by atoms with Crippen molar-refractivity contribution in [2.75, 3.05) is 25.5 Å². The van der Waals surface area contributed by atoms with Crippen molar-refractivity contribution < 1.29 is 4.39 Å². The van der Waals surface area contributed by atoms with Crippen molar-refractivity contribution in [3.8, 4) is 0 Å². The summed E-state index contributed by atoms with van der Waals surface area (Å²) in [5.74, 6) is -0.202. The van der Waals surface area contributed by atoms with Crippen molar-refractivity contribution in [1.29, 1.82) is 0 Å². The van der Waals surface area contributed by atoms with Crippen LogP contribution in [-0.4, -0.2) is 20.1 Å². The van der Waals surface area contributed by atoms with Gasteiger partial charge >= 0.3 is 0 Å². The van der Waals surface area contributed by atoms with E-state index in [9.17, 15) is 4.39 Å². The predicted octanol–water partition coefficient (Wildman–Crippen LogP) is 3.00. The normalized spacial score (nSPS) is 10.3. The summed E-state index contributed by atoms with van der Waals surface area (Å²) in [6.07, 6.45) is 2.13. The van der Waals surface area contributed by atoms with Crippen molar-refractivity contribution in [1.82, 2.24) is 5.32 Å². The first-order valence-electron chi connectivity index (χ1n) is 5.07. The highest BCUT2D eigenvalue weighted by Crippen LogP contribution is 2.19. The van der Waals surface area contributed by atoms with E-state index < -0.39 is 0 Å². The quantitative estimate of drug-likeness (QED) is 0.780. The molecule has 0 saturated carbocycles. The zero-order chi connectivity index (χ0) is 11.1. The van der Waals surface area contributed by atoms with Gasteiger partial charge in [0.05, 0.1) is 5.69 Å². The molecular weight excluding hydrogens is 259 g/mol. The summed E-state index contributed by atoms with van der Waals surface area (Å²) >= 11 is 3.31. The highest BCUT2D eigenvalue weighted by Gasteiger charge is 2.00. The maximum atomic E-state index is 13.2. The average molecular weight is 275 g/mol. The Bertz CT molecular complexity index is 305. The topological polar surface area (TPSA) is 24.1 Å². The van der Waals surface area contributed by atoms with E-state index in [1.54, 1.807) is 12.1 Å². The van der Waals surface area contributed by atoms with Crippen LogP contribution in [0.15, 0.2) is 22.7 Å². The van der Waals surface area contributed by atoms with Crippen LogP contribution in [0.3, 0.4) is 0 Å². The van der Waals surface area contributed by atoms with Crippen LogP contribution >= 0.6 is 15.9 Å². The highest BCUT2D eigenvalue weighted by molar-refractivity contribution is 9.10. The maximum Gasteiger partial charge on any atom is 0.146 e. The third kappa shape index (κ3) is 4.62. The van der Waals surface area contributed by atoms with Gasteiger partial charge in [-0.3, -0.25) is 0 Å². The van der Waals surface area contributed by atoms with Gasteiger partial charge in [0.2, 0.25) is 0 Å². The Balaban J connectivity index is 2.33. The van der Waals surface area contributed by atoms with Crippen LogP contribution in [0.1, 0.15) is 12.8 Å². The van der Waals surface area contributed by atoms with E-state index in [1.807, 2.05) is 7.05 Å². The molecule has 4 heteroatoms. The van der Waals surface area contributed by atoms with E-state index in [-0.39, 0.29) is 5.82 Å². The molecule has 0 aromatic heterocycles. The Morgan fingerprint density at radius 2 is 2.00 bits per heavy atom. The molecule has 0 amide bonds. The van der Waals surface area contributed by atoms with Crippen molar-refractivity contribution in [3.63, 3.8) is 0 Å². The maximum absolute atomic E-state index is 13.2. The molecule has 0 bridgehead atoms. The molecule has 2 N–H and O–H groups in total. The van der Waals surface area contributed by atoms with E-state index in [0.29, 0.717) is 5.69 Å². The molecule has 15 heavy (non-hydrogen) atoms. The summed E-state index contributed by atoms with van der Waals surface area (Å²) in [6, 6.07) is 4.91. The molecule has 0 saturated heterocycles. The molecule has 0 spiro atoms. The number of halogens is 2. The SMILES string of the molecule is CNCCCCNc1cc(Br)ccc1F. The van der Waals surface area contributed by atoms with Crippen molar-refractivity contribution in [2.45, 2.75) is 12.8 Å². The fourth-order valence-corrected chi connectivity index (χ4v) is 1.64. The predicted molar refractivity (Wildman–Crippen MR) is 65.8 cm³/mol. The minimum absolute atomic E-state index is 0.202. The first-order chi connectivity index (χ1) is 7.24. The lowest BCUT2D eigenvalue weighted by Gasteiger charge is -2.07. The minimum atomic E-state index is -0.202. The van der Waals surface area contributed by atoms with Crippen LogP contribution in [0.25, 0.3) is 0 Å². The van der Waals surface area contributed by atoms with Crippen LogP contribution < -0.4 is 10.6 Å². The lowest BCUT2D eigenvalue weighted by Crippen LogP contribution is -2.10. The van der Waals surface area contributed by atoms with Gasteiger partial charge in [-0.2, -0.15) is 0 Å². The fraction of sp³-hybridized carbons (Fsp3) is 0.455. The van der Waals surface area contributed by atoms with Gasteiger partial charge in [-0.1, -0.05) is 15.9 Å². The van der Waals surface area contributed by atoms with Gasteiger partial charge in [-0.05, 0) is 44.6 Å². The van der Waals surface area contributed by atoms with E-state index >= 15 is 0 Å². The molecule has 0 heterocycles. The third-order valence-corrected chi connectivity index (χ3v) is 2.59. The number of benzene rings is 1. The standard InChI is InChI=1S/C11H16BrFN2/c1-14-6-2-3-7-15-11-8-9(12)4-5-10(11)13/h4-5,8,14-15H,2-3,6-7H2,1H3. The van der Waals surface area contributed by atoms with Gasteiger partial charge in [0.1, 0.15) is 5.82 Å². The molecule has 84 valence electrons. The zero-order valence-electron chi connectivity index (χ0n) is 8.82. The summed E-state index contributed by atoms with van der Waals surface area (Å²) in [4.78, 5) is 0. The highest BCUT2D eigenvalue weighted by atomic mass is 79.9. The second-order valence-corrected chi connectivity index (χ2v) is 4.28. The van der Waals surface area contributed by atoms with Crippen LogP contribution in [-0.2, 0) is 0 Å². The van der Waals surface area contributed by atoms with Crippen LogP contribution in [0, 0.1) is 5.82 Å². The first-order valence-corrected chi connectivity index (χ1v) is 5.87. The molecule has 0 atom stereocenters. The van der Waals surface area contributed by atoms with Gasteiger partial charge in [-0.15, -0.1) is 0 Å². The largest absolute Gasteiger partial charge is 0.383 e. The van der Waals surface area contributed by atoms with Crippen molar-refractivity contribution in [3.05, 3.63) is 28.5 Å². The van der Waals surface area contributed by atoms with E-state index in [1.165, 1.54) is 6.07 Å². The summed E-state index contributed by atoms with van der Waals surface area (Å²) in [5.41, 5.74) is 0.564. The molecule has 0 radical (unpaired) electrons. The fourth-order valence-electron chi connectivity index (χ4n) is 1.28. The number of anilines is 1. The summed E-state index contributed by atoms with van der Waals surface area (Å²) in [7, 11) is 1.93. The average Bonchev–Trinajstić information content (AvgIpc) is 2.23. The number of hydrogen-bond acceptors (Lipinski definition) is 2. The third-order valence-electron chi connectivity index (χ3n) is 2.10. The second-order valence-electron chi connectivity index (χ2n) is 3.36. The van der Waals surface area contributed by atoms with Gasteiger partial charge in [0.25, 0.3) is 0 Å². The summed E-state index contributed by atoms with van der Waals surface area (Å²) in [6.45, 7) is 1.80. The molecular formula is C11H16BrFN2. The Labute approximate surface area is 98.4 Å². The molecule has 0 aliphatic carbocycles. The van der Waals surface area contributed by atoms with Gasteiger partial charge < -0.3 is 10.6 Å². The number of rotatable bonds is 6. The van der Waals surface area contributed by atoms with Gasteiger partial charge in [0, 0.05) is 11.0 Å². The zero-order valence-corrected chi connectivity index (χ0v) is 10.4. The van der Waals surface area contributed by atoms with Crippen molar-refractivity contribution >= 4 is 21.6 Å². The minimum Gasteiger partial charge on any atom is -0.383 e. The summed E-state index contributed by atoms with van der Waals surface area (Å²) < 4.78 is 14.1. The Morgan fingerprint density at radius 3 is 2.73 bits per heavy atom. The van der Waals surface area contributed by atoms with Gasteiger partial charge in [0.15, 0.2) is 0 Å². The Hall–Kier alpha value is -0.610. The van der Waals surface area contributed by atoms with Crippen molar-refractivity contribution in [2.24, 2.45) is 0 Å². The van der Waals surface area contributed by atoms with Crippen LogP contribution in [0.5, 0.6) is 0 Å². The molecule has 0 unspecified atom stereocenters. The monoisotopic (exact) mass is 274 g/mol. The number of unbranched alkanes of at least 4 members (excludes halogenated alkanes) is 1. The van der Waals surface area contributed by atoms with E-state index in [4.69, 9.17) is 0 Å². The van der Waals surface area contributed by atoms with E-state index in [2.05, 4.69) is 26.6 Å². The lowest BCUT2D eigenvalue weighted by molar-refractivity contribution is 0.627. The Morgan fingerprint density at radius 1 is 1.27 bits per heavy atom. The molecule has 0 aliphatic rings. The van der Waals surface area contributed by atoms with Crippen LogP contribution in [0.4, 0.5) is 10.1 Å². The van der Waals surface area contributed by atoms with E-state index in [0.717, 1.165) is 30.4 Å². The molecule has 0 fully saturated rings. The first kappa shape index (κ1) is 12.5. The molecule has 1 aromatic rings. The Kier molecular flexibility index (Phi) is 5.65. The second kappa shape index (κ2) is 6.80. The molecule has 1 aromatic carbocycles. The smallest absolute Gasteiger partial charge is 0.146 e. The van der Waals surface area contributed by atoms with Crippen LogP contribution in [0.2, 0.25) is 0 Å². The molecule has 2 nitrogen and oxygen atoms in total. The number of hydrogen-bond donors (Lipinski definition) is 2. The van der Waals surface area contributed by atoms with Gasteiger partial charge in [-0.25, -0.2) is 4.39 Å². The molecule has 1 rings (SSSR count). The lowest BCUT2D eigenvalue weighted by atomic mass is 10.2. The number of nitrogens with one attached hydrogen (secondary N) is 2. The molecule has 0 aliphatic heterocycles. The summed E-state index contributed by atoms with van der Waals surface area (Å²) in [5, 5.41) is 6.16.